The first-order valence-corrected chi connectivity index (χ1v) is 5.69. The number of carbonyl (C=O) groups is 2. The standard InChI is InChI=1S/C11H19NO6/c1-10(2,3)18-9(15)12-11(16)5-4-7(8(13)14)17-6-11/h7,16H,4-6H2,1-3H3,(H,12,15)(H,13,14)/t7-,11+/m1/s1. The highest BCUT2D eigenvalue weighted by Gasteiger charge is 2.38. The van der Waals surface area contributed by atoms with Crippen LogP contribution in [0.2, 0.25) is 0 Å². The van der Waals surface area contributed by atoms with E-state index in [4.69, 9.17) is 14.6 Å². The number of alkyl carbamates (subject to hydrolysis) is 1. The topological polar surface area (TPSA) is 105 Å². The van der Waals surface area contributed by atoms with Crippen molar-refractivity contribution in [1.29, 1.82) is 0 Å². The Labute approximate surface area is 105 Å². The maximum atomic E-state index is 11.5. The van der Waals surface area contributed by atoms with E-state index in [2.05, 4.69) is 5.32 Å². The van der Waals surface area contributed by atoms with E-state index in [0.29, 0.717) is 0 Å². The minimum Gasteiger partial charge on any atom is -0.479 e. The summed E-state index contributed by atoms with van der Waals surface area (Å²) >= 11 is 0. The number of aliphatic carboxylic acids is 1. The summed E-state index contributed by atoms with van der Waals surface area (Å²) in [5.74, 6) is -1.07. The number of rotatable bonds is 2. The molecular weight excluding hydrogens is 242 g/mol. The zero-order valence-corrected chi connectivity index (χ0v) is 10.7. The van der Waals surface area contributed by atoms with Gasteiger partial charge >= 0.3 is 12.1 Å². The van der Waals surface area contributed by atoms with Crippen LogP contribution in [-0.2, 0) is 14.3 Å². The molecule has 1 rings (SSSR count). The Hall–Kier alpha value is -1.34. The van der Waals surface area contributed by atoms with E-state index < -0.39 is 29.5 Å². The maximum absolute atomic E-state index is 11.5. The molecular formula is C11H19NO6. The first-order chi connectivity index (χ1) is 8.11. The van der Waals surface area contributed by atoms with Gasteiger partial charge in [-0.25, -0.2) is 9.59 Å². The van der Waals surface area contributed by atoms with Gasteiger partial charge in [-0.15, -0.1) is 0 Å². The van der Waals surface area contributed by atoms with Crippen LogP contribution in [0.4, 0.5) is 4.79 Å². The van der Waals surface area contributed by atoms with E-state index >= 15 is 0 Å². The summed E-state index contributed by atoms with van der Waals surface area (Å²) in [6.07, 6.45) is -1.47. The van der Waals surface area contributed by atoms with Crippen LogP contribution in [0.15, 0.2) is 0 Å². The molecule has 0 radical (unpaired) electrons. The van der Waals surface area contributed by atoms with E-state index in [1.54, 1.807) is 20.8 Å². The van der Waals surface area contributed by atoms with Gasteiger partial charge in [-0.1, -0.05) is 0 Å². The van der Waals surface area contributed by atoms with E-state index in [9.17, 15) is 14.7 Å². The molecule has 1 amide bonds. The molecule has 0 bridgehead atoms. The van der Waals surface area contributed by atoms with Gasteiger partial charge in [-0.05, 0) is 27.2 Å². The predicted octanol–water partition coefficient (Wildman–Crippen LogP) is 0.463. The third-order valence-corrected chi connectivity index (χ3v) is 2.35. The third-order valence-electron chi connectivity index (χ3n) is 2.35. The van der Waals surface area contributed by atoms with Gasteiger partial charge in [0.25, 0.3) is 0 Å². The molecule has 1 heterocycles. The van der Waals surface area contributed by atoms with Crippen molar-refractivity contribution >= 4 is 12.1 Å². The van der Waals surface area contributed by atoms with Crippen LogP contribution in [0.3, 0.4) is 0 Å². The Morgan fingerprint density at radius 2 is 2.06 bits per heavy atom. The Morgan fingerprint density at radius 3 is 2.44 bits per heavy atom. The maximum Gasteiger partial charge on any atom is 0.409 e. The lowest BCUT2D eigenvalue weighted by atomic mass is 10.0. The summed E-state index contributed by atoms with van der Waals surface area (Å²) in [7, 11) is 0. The Balaban J connectivity index is 2.48. The number of hydrogen-bond donors (Lipinski definition) is 3. The molecule has 1 fully saturated rings. The van der Waals surface area contributed by atoms with Gasteiger partial charge < -0.3 is 19.7 Å². The smallest absolute Gasteiger partial charge is 0.409 e. The van der Waals surface area contributed by atoms with E-state index in [-0.39, 0.29) is 19.4 Å². The van der Waals surface area contributed by atoms with Gasteiger partial charge in [-0.3, -0.25) is 5.32 Å². The van der Waals surface area contributed by atoms with Gasteiger partial charge in [-0.2, -0.15) is 0 Å². The minimum absolute atomic E-state index is 0.100. The highest BCUT2D eigenvalue weighted by Crippen LogP contribution is 2.21. The van der Waals surface area contributed by atoms with Crippen molar-refractivity contribution in [1.82, 2.24) is 5.32 Å². The number of carboxylic acids is 1. The molecule has 0 aliphatic carbocycles. The molecule has 0 aromatic carbocycles. The highest BCUT2D eigenvalue weighted by molar-refractivity contribution is 5.72. The number of aliphatic hydroxyl groups is 1. The van der Waals surface area contributed by atoms with Crippen LogP contribution in [0, 0.1) is 0 Å². The van der Waals surface area contributed by atoms with Crippen LogP contribution < -0.4 is 5.32 Å². The fourth-order valence-electron chi connectivity index (χ4n) is 1.55. The van der Waals surface area contributed by atoms with Crippen molar-refractivity contribution in [3.63, 3.8) is 0 Å². The summed E-state index contributed by atoms with van der Waals surface area (Å²) in [6.45, 7) is 4.83. The molecule has 3 N–H and O–H groups in total. The third kappa shape index (κ3) is 4.50. The Morgan fingerprint density at radius 1 is 1.44 bits per heavy atom. The first kappa shape index (κ1) is 14.7. The zero-order valence-electron chi connectivity index (χ0n) is 10.7. The van der Waals surface area contributed by atoms with Gasteiger partial charge in [0, 0.05) is 6.42 Å². The van der Waals surface area contributed by atoms with Gasteiger partial charge in [0.2, 0.25) is 0 Å². The fourth-order valence-corrected chi connectivity index (χ4v) is 1.55. The largest absolute Gasteiger partial charge is 0.479 e. The summed E-state index contributed by atoms with van der Waals surface area (Å²) < 4.78 is 9.96. The molecule has 1 aliphatic heterocycles. The number of carbonyl (C=O) groups excluding carboxylic acids is 1. The molecule has 0 spiro atoms. The minimum atomic E-state index is -1.58. The fraction of sp³-hybridized carbons (Fsp3) is 0.818. The van der Waals surface area contributed by atoms with Crippen molar-refractivity contribution in [2.24, 2.45) is 0 Å². The normalized spacial score (nSPS) is 28.6. The van der Waals surface area contributed by atoms with E-state index in [1.807, 2.05) is 0 Å². The monoisotopic (exact) mass is 261 g/mol. The second-order valence-corrected chi connectivity index (χ2v) is 5.34. The molecule has 104 valence electrons. The molecule has 0 aromatic heterocycles. The predicted molar refractivity (Wildman–Crippen MR) is 60.9 cm³/mol. The molecule has 7 nitrogen and oxygen atoms in total. The van der Waals surface area contributed by atoms with Crippen molar-refractivity contribution in [2.75, 3.05) is 6.61 Å². The molecule has 0 unspecified atom stereocenters. The van der Waals surface area contributed by atoms with Crippen LogP contribution in [0.25, 0.3) is 0 Å². The number of hydrogen-bond acceptors (Lipinski definition) is 5. The highest BCUT2D eigenvalue weighted by atomic mass is 16.6. The molecule has 0 aromatic rings. The average molecular weight is 261 g/mol. The average Bonchev–Trinajstić information content (AvgIpc) is 2.13. The summed E-state index contributed by atoms with van der Waals surface area (Å²) in [4.78, 5) is 22.1. The van der Waals surface area contributed by atoms with Gasteiger partial charge in [0.15, 0.2) is 11.8 Å². The summed E-state index contributed by atoms with van der Waals surface area (Å²) in [6, 6.07) is 0. The van der Waals surface area contributed by atoms with Crippen LogP contribution in [-0.4, -0.2) is 46.3 Å². The summed E-state index contributed by atoms with van der Waals surface area (Å²) in [5.41, 5.74) is -2.24. The number of carboxylic acid groups (broad SMARTS) is 1. The molecule has 0 saturated carbocycles. The second kappa shape index (κ2) is 5.11. The lowest BCUT2D eigenvalue weighted by Gasteiger charge is -2.35. The lowest BCUT2D eigenvalue weighted by Crippen LogP contribution is -2.56. The van der Waals surface area contributed by atoms with Crippen LogP contribution in [0.5, 0.6) is 0 Å². The second-order valence-electron chi connectivity index (χ2n) is 5.34. The molecule has 2 atom stereocenters. The number of nitrogens with one attached hydrogen (secondary N) is 1. The van der Waals surface area contributed by atoms with Crippen molar-refractivity contribution in [3.8, 4) is 0 Å². The first-order valence-electron chi connectivity index (χ1n) is 5.69. The van der Waals surface area contributed by atoms with Crippen LogP contribution in [0.1, 0.15) is 33.6 Å². The lowest BCUT2D eigenvalue weighted by molar-refractivity contribution is -0.171. The van der Waals surface area contributed by atoms with Crippen molar-refractivity contribution < 1.29 is 29.3 Å². The zero-order chi connectivity index (χ0) is 14.0. The SMILES string of the molecule is CC(C)(C)OC(=O)N[C@]1(O)CC[C@H](C(=O)O)OC1. The molecule has 18 heavy (non-hydrogen) atoms. The molecule has 7 heteroatoms. The van der Waals surface area contributed by atoms with E-state index in [0.717, 1.165) is 0 Å². The Bertz CT molecular complexity index is 327. The number of ether oxygens (including phenoxy) is 2. The molecule has 1 aliphatic rings. The van der Waals surface area contributed by atoms with Gasteiger partial charge in [0.05, 0.1) is 6.61 Å². The van der Waals surface area contributed by atoms with Crippen molar-refractivity contribution in [2.45, 2.75) is 51.0 Å². The quantitative estimate of drug-likeness (QED) is 0.624. The van der Waals surface area contributed by atoms with E-state index in [1.165, 1.54) is 0 Å². The van der Waals surface area contributed by atoms with Crippen LogP contribution >= 0.6 is 0 Å². The molecule has 1 saturated heterocycles. The van der Waals surface area contributed by atoms with Gasteiger partial charge in [0.1, 0.15) is 5.60 Å². The number of amides is 1. The Kier molecular flexibility index (Phi) is 4.18. The van der Waals surface area contributed by atoms with Crippen molar-refractivity contribution in [3.05, 3.63) is 0 Å². The summed E-state index contributed by atoms with van der Waals surface area (Å²) in [5, 5.41) is 21.0.